The summed E-state index contributed by atoms with van der Waals surface area (Å²) in [6.07, 6.45) is 2.91. The smallest absolute Gasteiger partial charge is 0.241 e. The summed E-state index contributed by atoms with van der Waals surface area (Å²) in [6.45, 7) is 2.13. The van der Waals surface area contributed by atoms with Crippen molar-refractivity contribution in [3.63, 3.8) is 0 Å². The Balaban J connectivity index is 2.76. The van der Waals surface area contributed by atoms with Crippen molar-refractivity contribution in [1.82, 2.24) is 4.72 Å². The number of benzene rings is 1. The van der Waals surface area contributed by atoms with Gasteiger partial charge in [0.2, 0.25) is 10.0 Å². The third-order valence-corrected chi connectivity index (χ3v) is 4.24. The second-order valence-corrected chi connectivity index (χ2v) is 6.43. The first kappa shape index (κ1) is 19.6. The van der Waals surface area contributed by atoms with E-state index < -0.39 is 16.1 Å². The molecule has 1 atom stereocenters. The SMILES string of the molecule is COCO/C=C/[C@H](COCOC)NS(=O)(=O)c1ccc(C)cc1. The van der Waals surface area contributed by atoms with E-state index in [1.165, 1.54) is 20.5 Å². The fraction of sp³-hybridized carbons (Fsp3) is 0.467. The van der Waals surface area contributed by atoms with Crippen LogP contribution in [0.25, 0.3) is 0 Å². The fourth-order valence-corrected chi connectivity index (χ4v) is 2.81. The topological polar surface area (TPSA) is 83.1 Å². The molecule has 0 amide bonds. The highest BCUT2D eigenvalue weighted by molar-refractivity contribution is 7.89. The largest absolute Gasteiger partial charge is 0.475 e. The van der Waals surface area contributed by atoms with Gasteiger partial charge in [-0.3, -0.25) is 0 Å². The molecule has 1 aromatic carbocycles. The van der Waals surface area contributed by atoms with E-state index in [9.17, 15) is 8.42 Å². The van der Waals surface area contributed by atoms with Crippen molar-refractivity contribution in [2.45, 2.75) is 17.9 Å². The van der Waals surface area contributed by atoms with Gasteiger partial charge in [0.15, 0.2) is 6.79 Å². The van der Waals surface area contributed by atoms with Crippen LogP contribution in [0.2, 0.25) is 0 Å². The minimum atomic E-state index is -3.66. The van der Waals surface area contributed by atoms with Crippen LogP contribution in [-0.4, -0.2) is 48.9 Å². The third-order valence-electron chi connectivity index (χ3n) is 2.73. The van der Waals surface area contributed by atoms with Crippen molar-refractivity contribution in [2.24, 2.45) is 0 Å². The maximum atomic E-state index is 12.4. The second kappa shape index (κ2) is 10.3. The Morgan fingerprint density at radius 3 is 2.39 bits per heavy atom. The van der Waals surface area contributed by atoms with Crippen LogP contribution >= 0.6 is 0 Å². The summed E-state index contributed by atoms with van der Waals surface area (Å²) in [4.78, 5) is 0.186. The van der Waals surface area contributed by atoms with Crippen molar-refractivity contribution < 1.29 is 27.4 Å². The first-order chi connectivity index (χ1) is 11.0. The van der Waals surface area contributed by atoms with E-state index in [4.69, 9.17) is 18.9 Å². The maximum Gasteiger partial charge on any atom is 0.241 e. The number of hydrogen-bond donors (Lipinski definition) is 1. The van der Waals surface area contributed by atoms with E-state index in [1.54, 1.807) is 30.3 Å². The van der Waals surface area contributed by atoms with E-state index in [1.807, 2.05) is 6.92 Å². The molecule has 0 aliphatic heterocycles. The first-order valence-corrected chi connectivity index (χ1v) is 8.41. The predicted octanol–water partition coefficient (Wildman–Crippen LogP) is 1.40. The molecule has 0 unspecified atom stereocenters. The number of ether oxygens (including phenoxy) is 4. The lowest BCUT2D eigenvalue weighted by Crippen LogP contribution is -2.37. The maximum absolute atomic E-state index is 12.4. The highest BCUT2D eigenvalue weighted by Crippen LogP contribution is 2.11. The summed E-state index contributed by atoms with van der Waals surface area (Å²) < 4.78 is 47.1. The van der Waals surface area contributed by atoms with Gasteiger partial charge in [-0.15, -0.1) is 0 Å². The van der Waals surface area contributed by atoms with E-state index in [2.05, 4.69) is 4.72 Å². The predicted molar refractivity (Wildman–Crippen MR) is 85.2 cm³/mol. The standard InChI is InChI=1S/C15H23NO6S/c1-13-4-6-15(7-5-13)23(17,18)16-14(10-22-12-20-3)8-9-21-11-19-2/h4-9,14,16H,10-12H2,1-3H3/b9-8+/t14-/m1/s1. The molecule has 130 valence electrons. The monoisotopic (exact) mass is 345 g/mol. The molecular weight excluding hydrogens is 322 g/mol. The average molecular weight is 345 g/mol. The highest BCUT2D eigenvalue weighted by atomic mass is 32.2. The normalized spacial score (nSPS) is 13.3. The van der Waals surface area contributed by atoms with Gasteiger partial charge in [-0.05, 0) is 25.1 Å². The number of nitrogens with one attached hydrogen (secondary N) is 1. The Morgan fingerprint density at radius 2 is 1.78 bits per heavy atom. The van der Waals surface area contributed by atoms with Crippen LogP contribution in [-0.2, 0) is 29.0 Å². The molecule has 0 aliphatic carbocycles. The lowest BCUT2D eigenvalue weighted by Gasteiger charge is -2.15. The molecular formula is C15H23NO6S. The van der Waals surface area contributed by atoms with Gasteiger partial charge in [0.1, 0.15) is 6.79 Å². The van der Waals surface area contributed by atoms with E-state index in [0.29, 0.717) is 0 Å². The molecule has 0 bridgehead atoms. The molecule has 0 radical (unpaired) electrons. The summed E-state index contributed by atoms with van der Waals surface area (Å²) in [6, 6.07) is 5.98. The zero-order chi connectivity index (χ0) is 17.1. The summed E-state index contributed by atoms with van der Waals surface area (Å²) in [5, 5.41) is 0. The minimum Gasteiger partial charge on any atom is -0.475 e. The molecule has 7 nitrogen and oxygen atoms in total. The van der Waals surface area contributed by atoms with Gasteiger partial charge >= 0.3 is 0 Å². The summed E-state index contributed by atoms with van der Waals surface area (Å²) in [5.41, 5.74) is 0.983. The molecule has 0 saturated carbocycles. The molecule has 8 heteroatoms. The molecule has 1 aromatic rings. The van der Waals surface area contributed by atoms with E-state index >= 15 is 0 Å². The van der Waals surface area contributed by atoms with Gasteiger partial charge in [0.25, 0.3) is 0 Å². The lowest BCUT2D eigenvalue weighted by atomic mass is 10.2. The van der Waals surface area contributed by atoms with Crippen molar-refractivity contribution >= 4 is 10.0 Å². The molecule has 0 aromatic heterocycles. The van der Waals surface area contributed by atoms with Crippen LogP contribution < -0.4 is 4.72 Å². The first-order valence-electron chi connectivity index (χ1n) is 6.92. The zero-order valence-corrected chi connectivity index (χ0v) is 14.3. The van der Waals surface area contributed by atoms with Crippen LogP contribution in [0.1, 0.15) is 5.56 Å². The van der Waals surface area contributed by atoms with Gasteiger partial charge < -0.3 is 18.9 Å². The lowest BCUT2D eigenvalue weighted by molar-refractivity contribution is -0.0333. The van der Waals surface area contributed by atoms with Crippen LogP contribution in [0.3, 0.4) is 0 Å². The Hall–Kier alpha value is -1.45. The van der Waals surface area contributed by atoms with E-state index in [0.717, 1.165) is 5.56 Å². The average Bonchev–Trinajstić information content (AvgIpc) is 2.51. The van der Waals surface area contributed by atoms with Crippen molar-refractivity contribution in [3.05, 3.63) is 42.2 Å². The molecule has 1 N–H and O–H groups in total. The molecule has 1 rings (SSSR count). The Bertz CT molecular complexity index is 570. The summed E-state index contributed by atoms with van der Waals surface area (Å²) in [7, 11) is -0.683. The van der Waals surface area contributed by atoms with Gasteiger partial charge in [0, 0.05) is 14.2 Å². The van der Waals surface area contributed by atoms with Crippen molar-refractivity contribution in [2.75, 3.05) is 34.4 Å². The summed E-state index contributed by atoms with van der Waals surface area (Å²) in [5.74, 6) is 0. The number of rotatable bonds is 11. The molecule has 0 spiro atoms. The van der Waals surface area contributed by atoms with Gasteiger partial charge in [-0.2, -0.15) is 0 Å². The van der Waals surface area contributed by atoms with Crippen LogP contribution in [0.15, 0.2) is 41.5 Å². The Labute approximate surface area is 137 Å². The number of aryl methyl sites for hydroxylation is 1. The van der Waals surface area contributed by atoms with Crippen molar-refractivity contribution in [1.29, 1.82) is 0 Å². The van der Waals surface area contributed by atoms with Crippen molar-refractivity contribution in [3.8, 4) is 0 Å². The molecule has 23 heavy (non-hydrogen) atoms. The minimum absolute atomic E-state index is 0.0650. The molecule has 0 fully saturated rings. The van der Waals surface area contributed by atoms with Gasteiger partial charge in [-0.25, -0.2) is 13.1 Å². The number of methoxy groups -OCH3 is 2. The quantitative estimate of drug-likeness (QED) is 0.371. The number of sulfonamides is 1. The van der Waals surface area contributed by atoms with Crippen LogP contribution in [0, 0.1) is 6.92 Å². The fourth-order valence-electron chi connectivity index (χ4n) is 1.63. The van der Waals surface area contributed by atoms with E-state index in [-0.39, 0.29) is 25.1 Å². The number of hydrogen-bond acceptors (Lipinski definition) is 6. The second-order valence-electron chi connectivity index (χ2n) is 4.72. The van der Waals surface area contributed by atoms with Gasteiger partial charge in [0.05, 0.1) is 23.8 Å². The molecule has 0 saturated heterocycles. The zero-order valence-electron chi connectivity index (χ0n) is 13.5. The molecule has 0 heterocycles. The Kier molecular flexibility index (Phi) is 8.82. The highest BCUT2D eigenvalue weighted by Gasteiger charge is 2.18. The summed E-state index contributed by atoms with van der Waals surface area (Å²) >= 11 is 0. The van der Waals surface area contributed by atoms with Crippen LogP contribution in [0.5, 0.6) is 0 Å². The van der Waals surface area contributed by atoms with Crippen LogP contribution in [0.4, 0.5) is 0 Å². The Morgan fingerprint density at radius 1 is 1.13 bits per heavy atom. The third kappa shape index (κ3) is 7.58. The van der Waals surface area contributed by atoms with Gasteiger partial charge in [-0.1, -0.05) is 17.7 Å². The molecule has 0 aliphatic rings.